The number of aromatic amines is 1. The predicted octanol–water partition coefficient (Wildman–Crippen LogP) is 0.185. The lowest BCUT2D eigenvalue weighted by Crippen LogP contribution is -2.39. The van der Waals surface area contributed by atoms with Crippen molar-refractivity contribution in [2.24, 2.45) is 5.92 Å². The third kappa shape index (κ3) is 2.06. The smallest absolute Gasteiger partial charge is 0.290 e. The zero-order valence-corrected chi connectivity index (χ0v) is 8.35. The summed E-state index contributed by atoms with van der Waals surface area (Å²) in [5.41, 5.74) is -0.191. The van der Waals surface area contributed by atoms with Crippen LogP contribution in [0.4, 0.5) is 5.82 Å². The lowest BCUT2D eigenvalue weighted by molar-refractivity contribution is -0.111. The summed E-state index contributed by atoms with van der Waals surface area (Å²) in [7, 11) is 0. The lowest BCUT2D eigenvalue weighted by Gasteiger charge is -2.30. The van der Waals surface area contributed by atoms with Gasteiger partial charge in [-0.1, -0.05) is 0 Å². The highest BCUT2D eigenvalue weighted by molar-refractivity contribution is 5.56. The molecule has 0 spiro atoms. The fraction of sp³-hybridized carbons (Fsp3) is 0.500. The molecule has 1 aromatic rings. The monoisotopic (exact) mass is 207 g/mol. The number of H-pyrrole nitrogens is 1. The van der Waals surface area contributed by atoms with Gasteiger partial charge in [-0.3, -0.25) is 4.79 Å². The highest BCUT2D eigenvalue weighted by Crippen LogP contribution is 2.17. The molecule has 0 aromatic carbocycles. The molecule has 0 saturated carbocycles. The van der Waals surface area contributed by atoms with Crippen LogP contribution in [-0.2, 0) is 4.79 Å². The normalized spacial score (nSPS) is 21.3. The minimum Gasteiger partial charge on any atom is -0.351 e. The van der Waals surface area contributed by atoms with Crippen LogP contribution in [-0.4, -0.2) is 29.3 Å². The number of nitrogens with zero attached hydrogens (tertiary/aromatic N) is 2. The van der Waals surface area contributed by atoms with E-state index in [1.165, 1.54) is 6.20 Å². The average molecular weight is 207 g/mol. The fourth-order valence-corrected chi connectivity index (χ4v) is 1.88. The third-order valence-electron chi connectivity index (χ3n) is 2.64. The van der Waals surface area contributed by atoms with Crippen molar-refractivity contribution >= 4 is 12.1 Å². The van der Waals surface area contributed by atoms with Crippen LogP contribution in [0.5, 0.6) is 0 Å². The minimum absolute atomic E-state index is 0.0279. The molecule has 1 atom stereocenters. The van der Waals surface area contributed by atoms with E-state index in [1.54, 1.807) is 6.20 Å². The number of carbonyl (C=O) groups excluding carboxylic acids is 1. The Kier molecular flexibility index (Phi) is 2.80. The Balaban J connectivity index is 2.20. The predicted molar refractivity (Wildman–Crippen MR) is 55.9 cm³/mol. The molecule has 0 aliphatic carbocycles. The zero-order valence-electron chi connectivity index (χ0n) is 8.35. The summed E-state index contributed by atoms with van der Waals surface area (Å²) in [6.45, 7) is 1.40. The molecular weight excluding hydrogens is 194 g/mol. The Morgan fingerprint density at radius 2 is 2.47 bits per heavy atom. The number of piperidine rings is 1. The molecule has 0 bridgehead atoms. The summed E-state index contributed by atoms with van der Waals surface area (Å²) in [6, 6.07) is 0. The summed E-state index contributed by atoms with van der Waals surface area (Å²) in [5, 5.41) is 0. The minimum atomic E-state index is -0.191. The number of anilines is 1. The molecule has 1 N–H and O–H groups in total. The number of aromatic nitrogens is 2. The molecular formula is C10H13N3O2. The second-order valence-electron chi connectivity index (χ2n) is 3.73. The standard InChI is InChI=1S/C10H13N3O2/c14-7-8-2-1-5-13(6-8)9-10(15)12-4-3-11-9/h3-4,7-8H,1-2,5-6H2,(H,12,15). The van der Waals surface area contributed by atoms with Gasteiger partial charge in [0.2, 0.25) is 0 Å². The number of hydrogen-bond donors (Lipinski definition) is 1. The van der Waals surface area contributed by atoms with Gasteiger partial charge in [-0.25, -0.2) is 4.98 Å². The van der Waals surface area contributed by atoms with Crippen molar-refractivity contribution in [3.8, 4) is 0 Å². The van der Waals surface area contributed by atoms with Crippen molar-refractivity contribution in [2.45, 2.75) is 12.8 Å². The van der Waals surface area contributed by atoms with E-state index >= 15 is 0 Å². The zero-order chi connectivity index (χ0) is 10.7. The highest BCUT2D eigenvalue weighted by atomic mass is 16.1. The Morgan fingerprint density at radius 1 is 1.60 bits per heavy atom. The second-order valence-corrected chi connectivity index (χ2v) is 3.73. The van der Waals surface area contributed by atoms with Crippen LogP contribution in [0, 0.1) is 5.92 Å². The molecule has 15 heavy (non-hydrogen) atoms. The SMILES string of the molecule is O=CC1CCCN(c2ncc[nH]c2=O)C1. The quantitative estimate of drug-likeness (QED) is 0.703. The van der Waals surface area contributed by atoms with E-state index in [-0.39, 0.29) is 11.5 Å². The van der Waals surface area contributed by atoms with Gasteiger partial charge in [0.05, 0.1) is 0 Å². The molecule has 1 aromatic heterocycles. The van der Waals surface area contributed by atoms with Gasteiger partial charge in [0.15, 0.2) is 5.82 Å². The summed E-state index contributed by atoms with van der Waals surface area (Å²) in [4.78, 5) is 30.6. The molecule has 1 saturated heterocycles. The Morgan fingerprint density at radius 3 is 3.20 bits per heavy atom. The Hall–Kier alpha value is -1.65. The molecule has 80 valence electrons. The van der Waals surface area contributed by atoms with Crippen LogP contribution >= 0.6 is 0 Å². The van der Waals surface area contributed by atoms with Crippen molar-refractivity contribution < 1.29 is 4.79 Å². The molecule has 1 fully saturated rings. The first-order valence-corrected chi connectivity index (χ1v) is 5.05. The third-order valence-corrected chi connectivity index (χ3v) is 2.64. The largest absolute Gasteiger partial charge is 0.351 e. The molecule has 0 amide bonds. The van der Waals surface area contributed by atoms with Crippen molar-refractivity contribution in [2.75, 3.05) is 18.0 Å². The van der Waals surface area contributed by atoms with Crippen LogP contribution in [0.2, 0.25) is 0 Å². The van der Waals surface area contributed by atoms with E-state index in [9.17, 15) is 9.59 Å². The number of aldehydes is 1. The van der Waals surface area contributed by atoms with E-state index in [0.717, 1.165) is 25.7 Å². The van der Waals surface area contributed by atoms with Crippen molar-refractivity contribution in [1.29, 1.82) is 0 Å². The number of rotatable bonds is 2. The molecule has 5 nitrogen and oxygen atoms in total. The molecule has 1 aliphatic rings. The molecule has 2 rings (SSSR count). The first kappa shape index (κ1) is 9.89. The number of nitrogens with one attached hydrogen (secondary N) is 1. The lowest BCUT2D eigenvalue weighted by atomic mass is 10.00. The van der Waals surface area contributed by atoms with Gasteiger partial charge in [-0.05, 0) is 12.8 Å². The average Bonchev–Trinajstić information content (AvgIpc) is 2.30. The van der Waals surface area contributed by atoms with Gasteiger partial charge in [-0.15, -0.1) is 0 Å². The first-order valence-electron chi connectivity index (χ1n) is 5.05. The number of hydrogen-bond acceptors (Lipinski definition) is 4. The van der Waals surface area contributed by atoms with Gasteiger partial charge < -0.3 is 14.7 Å². The number of carbonyl (C=O) groups is 1. The van der Waals surface area contributed by atoms with Crippen molar-refractivity contribution in [3.05, 3.63) is 22.7 Å². The molecule has 2 heterocycles. The van der Waals surface area contributed by atoms with Crippen LogP contribution in [0.15, 0.2) is 17.2 Å². The van der Waals surface area contributed by atoms with Crippen LogP contribution in [0.3, 0.4) is 0 Å². The van der Waals surface area contributed by atoms with Crippen molar-refractivity contribution in [3.63, 3.8) is 0 Å². The van der Waals surface area contributed by atoms with Gasteiger partial charge in [0, 0.05) is 31.4 Å². The summed E-state index contributed by atoms with van der Waals surface area (Å²) < 4.78 is 0. The topological polar surface area (TPSA) is 66.1 Å². The van der Waals surface area contributed by atoms with Gasteiger partial charge in [0.1, 0.15) is 6.29 Å². The van der Waals surface area contributed by atoms with E-state index in [1.807, 2.05) is 4.90 Å². The molecule has 5 heteroatoms. The molecule has 1 aliphatic heterocycles. The maximum Gasteiger partial charge on any atom is 0.290 e. The maximum atomic E-state index is 11.5. The Bertz CT molecular complexity index is 402. The van der Waals surface area contributed by atoms with E-state index in [2.05, 4.69) is 9.97 Å². The summed E-state index contributed by atoms with van der Waals surface area (Å²) >= 11 is 0. The van der Waals surface area contributed by atoms with Gasteiger partial charge in [-0.2, -0.15) is 0 Å². The van der Waals surface area contributed by atoms with Crippen LogP contribution in [0.25, 0.3) is 0 Å². The second kappa shape index (κ2) is 4.25. The highest BCUT2D eigenvalue weighted by Gasteiger charge is 2.21. The Labute approximate surface area is 87.1 Å². The van der Waals surface area contributed by atoms with Gasteiger partial charge in [0.25, 0.3) is 5.56 Å². The van der Waals surface area contributed by atoms with E-state index in [0.29, 0.717) is 12.4 Å². The van der Waals surface area contributed by atoms with E-state index < -0.39 is 0 Å². The van der Waals surface area contributed by atoms with E-state index in [4.69, 9.17) is 0 Å². The molecule has 0 radical (unpaired) electrons. The summed E-state index contributed by atoms with van der Waals surface area (Å²) in [6.07, 6.45) is 5.86. The van der Waals surface area contributed by atoms with Crippen molar-refractivity contribution in [1.82, 2.24) is 9.97 Å². The summed E-state index contributed by atoms with van der Waals surface area (Å²) in [5.74, 6) is 0.448. The molecule has 1 unspecified atom stereocenters. The fourth-order valence-electron chi connectivity index (χ4n) is 1.88. The first-order chi connectivity index (χ1) is 7.31. The maximum absolute atomic E-state index is 11.5. The van der Waals surface area contributed by atoms with Crippen LogP contribution < -0.4 is 10.5 Å². The van der Waals surface area contributed by atoms with Gasteiger partial charge >= 0.3 is 0 Å². The van der Waals surface area contributed by atoms with Crippen LogP contribution in [0.1, 0.15) is 12.8 Å².